The molecule has 4 heteroatoms. The Bertz CT molecular complexity index is 251. The van der Waals surface area contributed by atoms with Crippen molar-refractivity contribution in [3.63, 3.8) is 0 Å². The van der Waals surface area contributed by atoms with E-state index in [0.29, 0.717) is 0 Å². The van der Waals surface area contributed by atoms with Crippen LogP contribution in [0.25, 0.3) is 0 Å². The minimum absolute atomic E-state index is 0.607. The average molecular weight is 178 g/mol. The predicted molar refractivity (Wildman–Crippen MR) is 42.4 cm³/mol. The van der Waals surface area contributed by atoms with Gasteiger partial charge in [-0.1, -0.05) is 13.2 Å². The molecule has 0 bridgehead atoms. The lowest BCUT2D eigenvalue weighted by atomic mass is 10.0. The molecule has 0 aliphatic rings. The molecular formula is C8H14O4. The number of hydrogen-bond donors (Lipinski definition) is 0. The fourth-order valence-corrected chi connectivity index (χ4v) is 0.665. The van der Waals surface area contributed by atoms with Gasteiger partial charge in [0.25, 0.3) is 0 Å². The summed E-state index contributed by atoms with van der Waals surface area (Å²) in [5.74, 6) is -3.31. The maximum absolute atomic E-state index is 11.2. The van der Waals surface area contributed by atoms with Crippen molar-refractivity contribution in [3.05, 3.63) is 0 Å². The van der Waals surface area contributed by atoms with Crippen LogP contribution < -0.4 is 0 Å². The number of rotatable bonds is 4. The minimum atomic E-state index is -2.28. The molecule has 4 nitrogen and oxygen atoms in total. The van der Waals surface area contributed by atoms with Gasteiger partial charge in [-0.05, 0) is 6.42 Å². The number of ether oxygens (including phenoxy) is 2. The van der Waals surface area contributed by atoms with Gasteiger partial charge in [-0.25, -0.2) is 0 Å². The van der Waals surface area contributed by atoms with E-state index in [9.17, 15) is 9.59 Å². The van der Waals surface area contributed by atoms with E-state index in [1.165, 1.54) is 0 Å². The van der Waals surface area contributed by atoms with Crippen molar-refractivity contribution in [2.24, 2.45) is 5.92 Å². The number of carbonyl (C=O) groups excluding carboxylic acids is 2. The quantitative estimate of drug-likeness (QED) is 0.471. The highest BCUT2D eigenvalue weighted by atomic mass is 16.5. The van der Waals surface area contributed by atoms with Gasteiger partial charge in [-0.3, -0.25) is 9.59 Å². The molecule has 0 aromatic carbocycles. The highest BCUT2D eigenvalue weighted by Gasteiger charge is 2.27. The molecular weight excluding hydrogens is 160 g/mol. The molecule has 0 radical (unpaired) electrons. The first-order valence-corrected chi connectivity index (χ1v) is 3.26. The first-order chi connectivity index (χ1) is 7.26. The van der Waals surface area contributed by atoms with Gasteiger partial charge in [0, 0.05) is 5.48 Å². The van der Waals surface area contributed by atoms with Gasteiger partial charge < -0.3 is 9.47 Å². The van der Waals surface area contributed by atoms with Crippen LogP contribution in [0.2, 0.25) is 0 Å². The molecule has 12 heavy (non-hydrogen) atoms. The SMILES string of the molecule is [2H]C([2H])C([2H])([2H])CC(C(=O)OC)C(=O)OC. The van der Waals surface area contributed by atoms with Crippen molar-refractivity contribution in [1.82, 2.24) is 0 Å². The van der Waals surface area contributed by atoms with Crippen LogP contribution in [-0.2, 0) is 19.1 Å². The lowest BCUT2D eigenvalue weighted by Crippen LogP contribution is -2.26. The largest absolute Gasteiger partial charge is 0.468 e. The zero-order valence-electron chi connectivity index (χ0n) is 11.0. The third kappa shape index (κ3) is 2.90. The summed E-state index contributed by atoms with van der Waals surface area (Å²) >= 11 is 0. The molecule has 0 saturated heterocycles. The second-order valence-electron chi connectivity index (χ2n) is 2.01. The minimum Gasteiger partial charge on any atom is -0.468 e. The predicted octanol–water partition coefficient (Wildman–Crippen LogP) is 0.749. The van der Waals surface area contributed by atoms with E-state index in [1.54, 1.807) is 0 Å². The van der Waals surface area contributed by atoms with Crippen molar-refractivity contribution in [2.45, 2.75) is 19.7 Å². The van der Waals surface area contributed by atoms with Gasteiger partial charge in [-0.2, -0.15) is 0 Å². The summed E-state index contributed by atoms with van der Waals surface area (Å²) in [5, 5.41) is 0. The Labute approximate surface area is 77.5 Å². The second-order valence-corrected chi connectivity index (χ2v) is 2.01. The van der Waals surface area contributed by atoms with E-state index in [1.807, 2.05) is 0 Å². The molecule has 70 valence electrons. The third-order valence-corrected chi connectivity index (χ3v) is 1.29. The number of hydrogen-bond acceptors (Lipinski definition) is 4. The number of carbonyl (C=O) groups is 2. The average Bonchev–Trinajstić information content (AvgIpc) is 2.23. The summed E-state index contributed by atoms with van der Waals surface area (Å²) in [6.07, 6.45) is -2.89. The van der Waals surface area contributed by atoms with E-state index >= 15 is 0 Å². The topological polar surface area (TPSA) is 52.6 Å². The van der Waals surface area contributed by atoms with E-state index in [4.69, 9.17) is 5.48 Å². The van der Waals surface area contributed by atoms with Crippen LogP contribution in [0.15, 0.2) is 0 Å². The van der Waals surface area contributed by atoms with Crippen LogP contribution in [0.1, 0.15) is 25.2 Å². The first-order valence-electron chi connectivity index (χ1n) is 5.42. The summed E-state index contributed by atoms with van der Waals surface area (Å²) < 4.78 is 37.2. The highest BCUT2D eigenvalue weighted by molar-refractivity contribution is 5.94. The molecule has 0 N–H and O–H groups in total. The Morgan fingerprint density at radius 1 is 1.42 bits per heavy atom. The van der Waals surface area contributed by atoms with Crippen LogP contribution >= 0.6 is 0 Å². The Morgan fingerprint density at radius 3 is 2.25 bits per heavy atom. The summed E-state index contributed by atoms with van der Waals surface area (Å²) in [5.41, 5.74) is 0. The van der Waals surface area contributed by atoms with E-state index in [0.717, 1.165) is 14.2 Å². The van der Waals surface area contributed by atoms with Crippen molar-refractivity contribution in [3.8, 4) is 0 Å². The monoisotopic (exact) mass is 178 g/mol. The van der Waals surface area contributed by atoms with Crippen LogP contribution in [-0.4, -0.2) is 26.2 Å². The van der Waals surface area contributed by atoms with E-state index in [-0.39, 0.29) is 0 Å². The summed E-state index contributed by atoms with van der Waals surface area (Å²) in [6.45, 7) is -1.80. The molecule has 0 heterocycles. The van der Waals surface area contributed by atoms with Crippen LogP contribution in [0.5, 0.6) is 0 Å². The summed E-state index contributed by atoms with van der Waals surface area (Å²) in [4.78, 5) is 22.4. The Balaban J connectivity index is 4.81. The Kier molecular flexibility index (Phi) is 2.58. The molecule has 0 amide bonds. The molecule has 0 atom stereocenters. The number of esters is 2. The molecule has 0 aromatic rings. The molecule has 0 fully saturated rings. The van der Waals surface area contributed by atoms with Crippen molar-refractivity contribution < 1.29 is 24.5 Å². The Hall–Kier alpha value is -1.06. The number of methoxy groups -OCH3 is 2. The fourth-order valence-electron chi connectivity index (χ4n) is 0.665. The Morgan fingerprint density at radius 2 is 1.92 bits per heavy atom. The normalized spacial score (nSPS) is 16.0. The van der Waals surface area contributed by atoms with Gasteiger partial charge in [0.15, 0.2) is 5.92 Å². The van der Waals surface area contributed by atoms with E-state index in [2.05, 4.69) is 9.47 Å². The molecule has 0 aliphatic heterocycles. The van der Waals surface area contributed by atoms with E-state index < -0.39 is 37.5 Å². The molecule has 0 unspecified atom stereocenters. The zero-order valence-corrected chi connectivity index (χ0v) is 6.99. The van der Waals surface area contributed by atoms with Crippen LogP contribution in [0.3, 0.4) is 0 Å². The standard InChI is InChI=1S/C8H14O4/c1-4-5-6(7(9)11-2)8(10)12-3/h6H,4-5H2,1-3H3/i1D2,4D2. The zero-order chi connectivity index (χ0) is 12.9. The third-order valence-electron chi connectivity index (χ3n) is 1.29. The van der Waals surface area contributed by atoms with Gasteiger partial charge in [0.2, 0.25) is 0 Å². The summed E-state index contributed by atoms with van der Waals surface area (Å²) in [6, 6.07) is 0. The summed E-state index contributed by atoms with van der Waals surface area (Å²) in [7, 11) is 2.12. The maximum atomic E-state index is 11.2. The second kappa shape index (κ2) is 5.57. The lowest BCUT2D eigenvalue weighted by Gasteiger charge is -2.10. The molecule has 0 rings (SSSR count). The van der Waals surface area contributed by atoms with Gasteiger partial charge >= 0.3 is 11.9 Å². The molecule has 0 aliphatic carbocycles. The van der Waals surface area contributed by atoms with Gasteiger partial charge in [-0.15, -0.1) is 0 Å². The van der Waals surface area contributed by atoms with Crippen LogP contribution in [0, 0.1) is 5.92 Å². The maximum Gasteiger partial charge on any atom is 0.320 e. The molecule has 0 aromatic heterocycles. The lowest BCUT2D eigenvalue weighted by molar-refractivity contribution is -0.159. The van der Waals surface area contributed by atoms with Crippen molar-refractivity contribution in [1.29, 1.82) is 0 Å². The van der Waals surface area contributed by atoms with Gasteiger partial charge in [0.05, 0.1) is 14.2 Å². The van der Waals surface area contributed by atoms with Crippen molar-refractivity contribution in [2.75, 3.05) is 14.2 Å². The van der Waals surface area contributed by atoms with Gasteiger partial charge in [0.1, 0.15) is 0 Å². The first kappa shape index (κ1) is 5.56. The van der Waals surface area contributed by atoms with Crippen molar-refractivity contribution >= 4 is 11.9 Å². The molecule has 0 spiro atoms. The molecule has 0 saturated carbocycles. The highest BCUT2D eigenvalue weighted by Crippen LogP contribution is 2.09. The van der Waals surface area contributed by atoms with Crippen LogP contribution in [0.4, 0.5) is 0 Å². The smallest absolute Gasteiger partial charge is 0.320 e. The fraction of sp³-hybridized carbons (Fsp3) is 0.750.